The average molecular weight is 481 g/mol. The van der Waals surface area contributed by atoms with Crippen LogP contribution >= 0.6 is 24.0 Å². The van der Waals surface area contributed by atoms with Gasteiger partial charge in [-0.2, -0.15) is 0 Å². The van der Waals surface area contributed by atoms with E-state index in [0.717, 1.165) is 36.0 Å². The fourth-order valence-electron chi connectivity index (χ4n) is 3.10. The lowest BCUT2D eigenvalue weighted by Gasteiger charge is -2.15. The highest BCUT2D eigenvalue weighted by Gasteiger charge is 2.21. The topological polar surface area (TPSA) is 54.9 Å². The SMILES string of the molecule is CN=C(NCc1ccc(C)cc1)NCc1cc2c(cc1OC)CC(C)O2.I. The first-order valence-electron chi connectivity index (χ1n) is 8.95. The highest BCUT2D eigenvalue weighted by Crippen LogP contribution is 2.34. The second-order valence-corrected chi connectivity index (χ2v) is 6.67. The molecule has 2 aromatic carbocycles. The summed E-state index contributed by atoms with van der Waals surface area (Å²) in [7, 11) is 3.48. The van der Waals surface area contributed by atoms with E-state index in [1.807, 2.05) is 0 Å². The van der Waals surface area contributed by atoms with Gasteiger partial charge in [-0.1, -0.05) is 29.8 Å². The zero-order chi connectivity index (χ0) is 18.5. The first-order chi connectivity index (χ1) is 12.6. The minimum atomic E-state index is 0. The van der Waals surface area contributed by atoms with Gasteiger partial charge in [-0.15, -0.1) is 24.0 Å². The molecule has 0 saturated heterocycles. The molecule has 0 aliphatic carbocycles. The van der Waals surface area contributed by atoms with E-state index in [4.69, 9.17) is 9.47 Å². The van der Waals surface area contributed by atoms with Crippen molar-refractivity contribution in [3.63, 3.8) is 0 Å². The summed E-state index contributed by atoms with van der Waals surface area (Å²) in [6.07, 6.45) is 1.15. The lowest BCUT2D eigenvalue weighted by atomic mass is 10.1. The van der Waals surface area contributed by atoms with Crippen molar-refractivity contribution < 1.29 is 9.47 Å². The van der Waals surface area contributed by atoms with E-state index in [9.17, 15) is 0 Å². The van der Waals surface area contributed by atoms with E-state index in [2.05, 4.69) is 65.9 Å². The highest BCUT2D eigenvalue weighted by molar-refractivity contribution is 14.0. The van der Waals surface area contributed by atoms with Crippen molar-refractivity contribution in [2.45, 2.75) is 39.5 Å². The van der Waals surface area contributed by atoms with Crippen molar-refractivity contribution in [3.8, 4) is 11.5 Å². The van der Waals surface area contributed by atoms with Crippen LogP contribution in [-0.4, -0.2) is 26.2 Å². The smallest absolute Gasteiger partial charge is 0.191 e. The number of ether oxygens (including phenoxy) is 2. The van der Waals surface area contributed by atoms with Crippen molar-refractivity contribution in [3.05, 3.63) is 58.7 Å². The zero-order valence-electron chi connectivity index (χ0n) is 16.3. The molecule has 1 unspecified atom stereocenters. The maximum Gasteiger partial charge on any atom is 0.191 e. The van der Waals surface area contributed by atoms with E-state index >= 15 is 0 Å². The van der Waals surface area contributed by atoms with Gasteiger partial charge in [0.15, 0.2) is 5.96 Å². The number of fused-ring (bicyclic) bond motifs is 1. The van der Waals surface area contributed by atoms with E-state index in [1.165, 1.54) is 16.7 Å². The Balaban J connectivity index is 0.00000261. The summed E-state index contributed by atoms with van der Waals surface area (Å²) in [6.45, 7) is 5.51. The van der Waals surface area contributed by atoms with Crippen LogP contribution in [0.1, 0.15) is 29.2 Å². The van der Waals surface area contributed by atoms with Gasteiger partial charge in [-0.05, 0) is 31.5 Å². The molecule has 0 fully saturated rings. The summed E-state index contributed by atoms with van der Waals surface area (Å²) in [5, 5.41) is 6.69. The third-order valence-corrected chi connectivity index (χ3v) is 4.55. The van der Waals surface area contributed by atoms with Crippen molar-refractivity contribution in [2.24, 2.45) is 4.99 Å². The summed E-state index contributed by atoms with van der Waals surface area (Å²) in [4.78, 5) is 4.30. The van der Waals surface area contributed by atoms with Crippen molar-refractivity contribution in [1.82, 2.24) is 10.6 Å². The van der Waals surface area contributed by atoms with Crippen LogP contribution in [0.4, 0.5) is 0 Å². The van der Waals surface area contributed by atoms with Gasteiger partial charge in [0.05, 0.1) is 7.11 Å². The highest BCUT2D eigenvalue weighted by atomic mass is 127. The quantitative estimate of drug-likeness (QED) is 0.388. The largest absolute Gasteiger partial charge is 0.496 e. The maximum atomic E-state index is 5.87. The summed E-state index contributed by atoms with van der Waals surface area (Å²) < 4.78 is 11.4. The molecule has 0 radical (unpaired) electrons. The lowest BCUT2D eigenvalue weighted by molar-refractivity contribution is 0.254. The van der Waals surface area contributed by atoms with E-state index in [1.54, 1.807) is 14.2 Å². The molecule has 0 spiro atoms. The van der Waals surface area contributed by atoms with Crippen LogP contribution in [0.2, 0.25) is 0 Å². The number of nitrogens with one attached hydrogen (secondary N) is 2. The third-order valence-electron chi connectivity index (χ3n) is 4.55. The lowest BCUT2D eigenvalue weighted by Crippen LogP contribution is -2.36. The standard InChI is InChI=1S/C21H27N3O2.HI/c1-14-5-7-16(8-6-14)12-23-21(22-3)24-13-18-11-20-17(9-15(2)26-20)10-19(18)25-4;/h5-8,10-11,15H,9,12-13H2,1-4H3,(H2,22,23,24);1H. The summed E-state index contributed by atoms with van der Waals surface area (Å²) in [5.41, 5.74) is 4.74. The molecule has 0 saturated carbocycles. The van der Waals surface area contributed by atoms with Crippen LogP contribution in [0, 0.1) is 6.92 Å². The number of benzene rings is 2. The van der Waals surface area contributed by atoms with Gasteiger partial charge >= 0.3 is 0 Å². The predicted octanol–water partition coefficient (Wildman–Crippen LogP) is 3.81. The van der Waals surface area contributed by atoms with Gasteiger partial charge in [0.1, 0.15) is 17.6 Å². The van der Waals surface area contributed by atoms with E-state index in [-0.39, 0.29) is 30.1 Å². The molecule has 146 valence electrons. The molecule has 0 aromatic heterocycles. The molecule has 2 N–H and O–H groups in total. The van der Waals surface area contributed by atoms with Crippen LogP contribution in [0.5, 0.6) is 11.5 Å². The number of rotatable bonds is 5. The predicted molar refractivity (Wildman–Crippen MR) is 120 cm³/mol. The van der Waals surface area contributed by atoms with Crippen LogP contribution in [-0.2, 0) is 19.5 Å². The summed E-state index contributed by atoms with van der Waals surface area (Å²) >= 11 is 0. The van der Waals surface area contributed by atoms with E-state index < -0.39 is 0 Å². The molecule has 0 bridgehead atoms. The van der Waals surface area contributed by atoms with Gasteiger partial charge in [0, 0.05) is 37.7 Å². The molecule has 3 rings (SSSR count). The Morgan fingerprint density at radius 2 is 1.89 bits per heavy atom. The fourth-order valence-corrected chi connectivity index (χ4v) is 3.10. The van der Waals surface area contributed by atoms with Crippen LogP contribution in [0.25, 0.3) is 0 Å². The number of guanidine groups is 1. The van der Waals surface area contributed by atoms with Gasteiger partial charge < -0.3 is 20.1 Å². The average Bonchev–Trinajstić information content (AvgIpc) is 3.01. The Kier molecular flexibility index (Phi) is 7.77. The van der Waals surface area contributed by atoms with Gasteiger partial charge in [0.2, 0.25) is 0 Å². The monoisotopic (exact) mass is 481 g/mol. The molecule has 5 nitrogen and oxygen atoms in total. The van der Waals surface area contributed by atoms with Crippen molar-refractivity contribution in [2.75, 3.05) is 14.2 Å². The summed E-state index contributed by atoms with van der Waals surface area (Å²) in [5.74, 6) is 2.59. The Labute approximate surface area is 178 Å². The Bertz CT molecular complexity index is 791. The minimum Gasteiger partial charge on any atom is -0.496 e. The molecule has 2 aromatic rings. The number of halogens is 1. The third kappa shape index (κ3) is 5.51. The van der Waals surface area contributed by atoms with Crippen LogP contribution in [0.3, 0.4) is 0 Å². The Morgan fingerprint density at radius 3 is 2.56 bits per heavy atom. The molecular formula is C21H28IN3O2. The van der Waals surface area contributed by atoms with Crippen LogP contribution in [0.15, 0.2) is 41.4 Å². The second-order valence-electron chi connectivity index (χ2n) is 6.67. The molecule has 1 aliphatic rings. The molecule has 0 amide bonds. The molecule has 27 heavy (non-hydrogen) atoms. The van der Waals surface area contributed by atoms with Gasteiger partial charge in [0.25, 0.3) is 0 Å². The molecule has 1 aliphatic heterocycles. The Hall–Kier alpha value is -1.96. The number of aryl methyl sites for hydroxylation is 1. The van der Waals surface area contributed by atoms with Crippen molar-refractivity contribution in [1.29, 1.82) is 0 Å². The number of hydrogen-bond donors (Lipinski definition) is 2. The molecule has 1 atom stereocenters. The number of aliphatic imine (C=N–C) groups is 1. The fraction of sp³-hybridized carbons (Fsp3) is 0.381. The number of hydrogen-bond acceptors (Lipinski definition) is 3. The van der Waals surface area contributed by atoms with Gasteiger partial charge in [-0.25, -0.2) is 0 Å². The second kappa shape index (κ2) is 9.82. The van der Waals surface area contributed by atoms with Crippen LogP contribution < -0.4 is 20.1 Å². The normalized spacial score (nSPS) is 15.4. The minimum absolute atomic E-state index is 0. The molecular weight excluding hydrogens is 453 g/mol. The Morgan fingerprint density at radius 1 is 1.19 bits per heavy atom. The number of methoxy groups -OCH3 is 1. The maximum absolute atomic E-state index is 5.87. The van der Waals surface area contributed by atoms with Gasteiger partial charge in [-0.3, -0.25) is 4.99 Å². The summed E-state index contributed by atoms with van der Waals surface area (Å²) in [6, 6.07) is 12.6. The molecule has 6 heteroatoms. The zero-order valence-corrected chi connectivity index (χ0v) is 18.7. The first kappa shape index (κ1) is 21.3. The van der Waals surface area contributed by atoms with Crippen molar-refractivity contribution >= 4 is 29.9 Å². The number of nitrogens with zero attached hydrogens (tertiary/aromatic N) is 1. The van der Waals surface area contributed by atoms with E-state index in [0.29, 0.717) is 6.54 Å². The molecule has 1 heterocycles. The first-order valence-corrected chi connectivity index (χ1v) is 8.95.